The molecule has 3 aliphatic heterocycles. The van der Waals surface area contributed by atoms with Crippen LogP contribution >= 0.6 is 0 Å². The number of esters is 1. The maximum absolute atomic E-state index is 13.0. The number of Topliss-reactive ketones (excluding diaryl/α,β-unsaturated/α-hetero) is 1. The zero-order chi connectivity index (χ0) is 26.9. The third kappa shape index (κ3) is 5.72. The summed E-state index contributed by atoms with van der Waals surface area (Å²) in [5.74, 6) is -2.38. The lowest BCUT2D eigenvalue weighted by atomic mass is 9.82. The second kappa shape index (κ2) is 10.7. The molecule has 1 saturated heterocycles. The normalized spacial score (nSPS) is 32.8. The van der Waals surface area contributed by atoms with Crippen LogP contribution in [-0.2, 0) is 23.9 Å². The van der Waals surface area contributed by atoms with Crippen LogP contribution in [0.1, 0.15) is 71.5 Å². The number of aromatic hydroxyl groups is 1. The highest BCUT2D eigenvalue weighted by molar-refractivity contribution is 5.96. The zero-order valence-corrected chi connectivity index (χ0v) is 21.7. The molecule has 9 heteroatoms. The first-order valence-corrected chi connectivity index (χ1v) is 12.8. The molecule has 9 nitrogen and oxygen atoms in total. The summed E-state index contributed by atoms with van der Waals surface area (Å²) in [4.78, 5) is 38.4. The number of anilines is 1. The van der Waals surface area contributed by atoms with Crippen LogP contribution in [0.4, 0.5) is 5.69 Å². The molecule has 3 bridgehead atoms. The Labute approximate surface area is 216 Å². The van der Waals surface area contributed by atoms with E-state index in [1.807, 2.05) is 13.0 Å². The number of benzene rings is 1. The van der Waals surface area contributed by atoms with Crippen LogP contribution in [-0.4, -0.2) is 45.9 Å². The van der Waals surface area contributed by atoms with E-state index in [0.717, 1.165) is 6.42 Å². The number of cyclic esters (lactones) is 1. The van der Waals surface area contributed by atoms with Crippen LogP contribution < -0.4 is 10.1 Å². The van der Waals surface area contributed by atoms with E-state index in [9.17, 15) is 24.6 Å². The minimum atomic E-state index is -1.21. The van der Waals surface area contributed by atoms with Gasteiger partial charge in [0.25, 0.3) is 0 Å². The first-order valence-electron chi connectivity index (χ1n) is 12.8. The van der Waals surface area contributed by atoms with Gasteiger partial charge < -0.3 is 29.7 Å². The number of phenolic OH excluding ortho intramolecular Hbond substituents is 1. The topological polar surface area (TPSA) is 131 Å². The second-order valence-electron chi connectivity index (χ2n) is 10.2. The SMILES string of the molecule is CC[C@H]1C=C[C@@H]([C@H](C)O)OC(=O)/C(C)=C/CC(=O)Nc2cc(O)cc3c2O[C@@]2(CC1)CC(=O)[C@@H](C)[C@H]3O2. The second-order valence-corrected chi connectivity index (χ2v) is 10.2. The fraction of sp³-hybridized carbons (Fsp3) is 0.536. The number of aliphatic hydroxyl groups excluding tert-OH is 1. The summed E-state index contributed by atoms with van der Waals surface area (Å²) in [6.45, 7) is 6.90. The van der Waals surface area contributed by atoms with Gasteiger partial charge in [0.15, 0.2) is 5.75 Å². The number of carbonyl (C=O) groups is 3. The summed E-state index contributed by atoms with van der Waals surface area (Å²) in [6, 6.07) is 2.91. The van der Waals surface area contributed by atoms with Crippen molar-refractivity contribution in [1.29, 1.82) is 0 Å². The van der Waals surface area contributed by atoms with Gasteiger partial charge in [-0.25, -0.2) is 4.79 Å². The highest BCUT2D eigenvalue weighted by Crippen LogP contribution is 2.53. The van der Waals surface area contributed by atoms with Crippen LogP contribution in [0.15, 0.2) is 35.9 Å². The highest BCUT2D eigenvalue weighted by Gasteiger charge is 2.52. The van der Waals surface area contributed by atoms with Crippen molar-refractivity contribution in [1.82, 2.24) is 0 Å². The molecule has 4 rings (SSSR count). The van der Waals surface area contributed by atoms with Gasteiger partial charge in [-0.2, -0.15) is 0 Å². The summed E-state index contributed by atoms with van der Waals surface area (Å²) in [6.07, 6.45) is 4.34. The number of hydrogen-bond donors (Lipinski definition) is 3. The molecular weight excluding hydrogens is 478 g/mol. The molecule has 1 aromatic rings. The average molecular weight is 514 g/mol. The molecule has 0 radical (unpaired) electrons. The lowest BCUT2D eigenvalue weighted by molar-refractivity contribution is -0.261. The first kappa shape index (κ1) is 26.9. The quantitative estimate of drug-likeness (QED) is 0.398. The van der Waals surface area contributed by atoms with E-state index in [1.54, 1.807) is 26.8 Å². The number of fused-ring (bicyclic) bond motifs is 2. The molecule has 6 atom stereocenters. The Balaban J connectivity index is 1.77. The van der Waals surface area contributed by atoms with Gasteiger partial charge in [-0.05, 0) is 44.7 Å². The van der Waals surface area contributed by atoms with Gasteiger partial charge in [-0.3, -0.25) is 9.59 Å². The Morgan fingerprint density at radius 3 is 2.68 bits per heavy atom. The predicted molar refractivity (Wildman–Crippen MR) is 135 cm³/mol. The Bertz CT molecular complexity index is 1140. The Morgan fingerprint density at radius 1 is 1.22 bits per heavy atom. The number of hydrogen-bond acceptors (Lipinski definition) is 8. The Morgan fingerprint density at radius 2 is 1.97 bits per heavy atom. The van der Waals surface area contributed by atoms with Gasteiger partial charge in [0.2, 0.25) is 11.7 Å². The van der Waals surface area contributed by atoms with Crippen molar-refractivity contribution in [2.45, 2.75) is 83.9 Å². The number of aliphatic hydroxyl groups is 1. The van der Waals surface area contributed by atoms with Gasteiger partial charge in [0.1, 0.15) is 23.7 Å². The number of nitrogens with one attached hydrogen (secondary N) is 1. The van der Waals surface area contributed by atoms with Gasteiger partial charge in [-0.15, -0.1) is 0 Å². The molecule has 3 heterocycles. The number of allylic oxidation sites excluding steroid dienone is 1. The molecule has 0 unspecified atom stereocenters. The van der Waals surface area contributed by atoms with Crippen LogP contribution in [0.5, 0.6) is 11.5 Å². The Kier molecular flexibility index (Phi) is 7.75. The van der Waals surface area contributed by atoms with Crippen LogP contribution in [0.3, 0.4) is 0 Å². The van der Waals surface area contributed by atoms with Crippen LogP contribution in [0.2, 0.25) is 0 Å². The number of amides is 1. The summed E-state index contributed by atoms with van der Waals surface area (Å²) < 4.78 is 18.3. The maximum Gasteiger partial charge on any atom is 0.334 e. The predicted octanol–water partition coefficient (Wildman–Crippen LogP) is 4.09. The van der Waals surface area contributed by atoms with Gasteiger partial charge in [0, 0.05) is 36.0 Å². The molecule has 3 aliphatic rings. The first-order chi connectivity index (χ1) is 17.5. The molecule has 1 spiro atoms. The van der Waals surface area contributed by atoms with Crippen molar-refractivity contribution < 1.29 is 38.8 Å². The van der Waals surface area contributed by atoms with Gasteiger partial charge in [-0.1, -0.05) is 26.0 Å². The summed E-state index contributed by atoms with van der Waals surface area (Å²) in [7, 11) is 0. The highest BCUT2D eigenvalue weighted by atomic mass is 16.7. The third-order valence-electron chi connectivity index (χ3n) is 7.35. The van der Waals surface area contributed by atoms with Crippen molar-refractivity contribution in [2.75, 3.05) is 5.32 Å². The minimum Gasteiger partial charge on any atom is -0.508 e. The van der Waals surface area contributed by atoms with E-state index in [0.29, 0.717) is 24.2 Å². The molecule has 0 saturated carbocycles. The Hall–Kier alpha value is -3.17. The van der Waals surface area contributed by atoms with Crippen LogP contribution in [0.25, 0.3) is 0 Å². The van der Waals surface area contributed by atoms with Crippen molar-refractivity contribution in [2.24, 2.45) is 11.8 Å². The molecule has 200 valence electrons. The molecule has 37 heavy (non-hydrogen) atoms. The van der Waals surface area contributed by atoms with Crippen molar-refractivity contribution in [3.63, 3.8) is 0 Å². The van der Waals surface area contributed by atoms with Crippen LogP contribution in [0, 0.1) is 11.8 Å². The lowest BCUT2D eigenvalue weighted by Crippen LogP contribution is -2.52. The molecule has 1 amide bonds. The van der Waals surface area contributed by atoms with Crippen molar-refractivity contribution in [3.05, 3.63) is 41.5 Å². The minimum absolute atomic E-state index is 0.00649. The third-order valence-corrected chi connectivity index (χ3v) is 7.35. The number of ether oxygens (including phenoxy) is 3. The van der Waals surface area contributed by atoms with E-state index in [-0.39, 0.29) is 41.6 Å². The van der Waals surface area contributed by atoms with Crippen molar-refractivity contribution >= 4 is 23.3 Å². The number of phenols is 1. The van der Waals surface area contributed by atoms with E-state index in [1.165, 1.54) is 18.2 Å². The van der Waals surface area contributed by atoms with E-state index >= 15 is 0 Å². The molecule has 0 aliphatic carbocycles. The maximum atomic E-state index is 13.0. The standard InChI is InChI=1S/C28H35NO8/c1-5-18-7-8-23(17(4)30)35-27(34)15(2)6-9-24(33)29-21-13-19(31)12-20-25-16(3)22(32)14-28(36-25,11-10-18)37-26(20)21/h6-8,12-13,16-18,23,25,30-31H,5,9-11,14H2,1-4H3,(H,29,33)/b8-7?,15-6+/t16-,17+,18+,23+,25-,28+/m1/s1. The summed E-state index contributed by atoms with van der Waals surface area (Å²) >= 11 is 0. The van der Waals surface area contributed by atoms with Gasteiger partial charge >= 0.3 is 5.97 Å². The molecular formula is C28H35NO8. The smallest absolute Gasteiger partial charge is 0.334 e. The fourth-order valence-corrected chi connectivity index (χ4v) is 4.96. The monoisotopic (exact) mass is 513 g/mol. The number of carbonyl (C=O) groups excluding carboxylic acids is 3. The van der Waals surface area contributed by atoms with E-state index in [4.69, 9.17) is 14.2 Å². The fourth-order valence-electron chi connectivity index (χ4n) is 4.96. The molecule has 1 fully saturated rings. The van der Waals surface area contributed by atoms with Gasteiger partial charge in [0.05, 0.1) is 18.2 Å². The number of rotatable bonds is 2. The van der Waals surface area contributed by atoms with E-state index in [2.05, 4.69) is 5.32 Å². The zero-order valence-electron chi connectivity index (χ0n) is 21.7. The summed E-state index contributed by atoms with van der Waals surface area (Å²) in [5, 5.41) is 23.3. The summed E-state index contributed by atoms with van der Waals surface area (Å²) in [5.41, 5.74) is 1.01. The average Bonchev–Trinajstić information content (AvgIpc) is 2.84. The largest absolute Gasteiger partial charge is 0.508 e. The number of ketones is 1. The van der Waals surface area contributed by atoms with E-state index < -0.39 is 41.9 Å². The van der Waals surface area contributed by atoms with Crippen molar-refractivity contribution in [3.8, 4) is 11.5 Å². The molecule has 3 N–H and O–H groups in total. The lowest BCUT2D eigenvalue weighted by Gasteiger charge is -2.48. The molecule has 0 aromatic heterocycles. The molecule has 1 aromatic carbocycles.